The van der Waals surface area contributed by atoms with Crippen molar-refractivity contribution in [1.82, 2.24) is 5.32 Å². The van der Waals surface area contributed by atoms with Crippen molar-refractivity contribution in [3.8, 4) is 0 Å². The van der Waals surface area contributed by atoms with Crippen LogP contribution in [0.5, 0.6) is 0 Å². The molecule has 1 aromatic rings. The summed E-state index contributed by atoms with van der Waals surface area (Å²) in [5, 5.41) is 13.6. The maximum absolute atomic E-state index is 10.7. The molecule has 5 nitrogen and oxygen atoms in total. The molecule has 19 heavy (non-hydrogen) atoms. The van der Waals surface area contributed by atoms with Gasteiger partial charge in [0, 0.05) is 30.9 Å². The standard InChI is InChI=1S/C13H18N2O3S/c1-10(19-8-4-7-14-11(2)16)12-5-3-6-13(9-12)15(17)18/h3,5-6,9-10H,4,7-8H2,1-2H3,(H,14,16)/t10-/m1/s1. The smallest absolute Gasteiger partial charge is 0.269 e. The molecule has 0 heterocycles. The van der Waals surface area contributed by atoms with Crippen LogP contribution in [0.15, 0.2) is 24.3 Å². The number of carbonyl (C=O) groups is 1. The Balaban J connectivity index is 2.40. The molecule has 1 amide bonds. The number of non-ortho nitro benzene ring substituents is 1. The second-order valence-corrected chi connectivity index (χ2v) is 5.65. The summed E-state index contributed by atoms with van der Waals surface area (Å²) in [6.07, 6.45) is 0.892. The lowest BCUT2D eigenvalue weighted by Crippen LogP contribution is -2.21. The number of carbonyl (C=O) groups excluding carboxylic acids is 1. The molecule has 0 unspecified atom stereocenters. The predicted molar refractivity (Wildman–Crippen MR) is 77.3 cm³/mol. The molecular formula is C13H18N2O3S. The number of amides is 1. The summed E-state index contributed by atoms with van der Waals surface area (Å²) in [5.41, 5.74) is 1.09. The zero-order chi connectivity index (χ0) is 14.3. The van der Waals surface area contributed by atoms with Gasteiger partial charge in [0.2, 0.25) is 5.91 Å². The third-order valence-corrected chi connectivity index (χ3v) is 3.91. The van der Waals surface area contributed by atoms with E-state index >= 15 is 0 Å². The number of hydrogen-bond donors (Lipinski definition) is 1. The van der Waals surface area contributed by atoms with E-state index in [4.69, 9.17) is 0 Å². The summed E-state index contributed by atoms with van der Waals surface area (Å²) in [7, 11) is 0. The zero-order valence-corrected chi connectivity index (χ0v) is 11.9. The first kappa shape index (κ1) is 15.5. The topological polar surface area (TPSA) is 72.2 Å². The average Bonchev–Trinajstić information content (AvgIpc) is 2.37. The molecule has 1 aromatic carbocycles. The molecule has 0 aliphatic rings. The minimum Gasteiger partial charge on any atom is -0.356 e. The van der Waals surface area contributed by atoms with Gasteiger partial charge in [-0.2, -0.15) is 11.8 Å². The van der Waals surface area contributed by atoms with Gasteiger partial charge in [-0.3, -0.25) is 14.9 Å². The Hall–Kier alpha value is -1.56. The first-order valence-electron chi connectivity index (χ1n) is 6.11. The number of nitro groups is 1. The number of nitrogens with one attached hydrogen (secondary N) is 1. The van der Waals surface area contributed by atoms with E-state index in [1.54, 1.807) is 23.9 Å². The van der Waals surface area contributed by atoms with Gasteiger partial charge in [-0.05, 0) is 24.7 Å². The van der Waals surface area contributed by atoms with Gasteiger partial charge in [0.25, 0.3) is 5.69 Å². The van der Waals surface area contributed by atoms with E-state index in [-0.39, 0.29) is 21.8 Å². The SMILES string of the molecule is CC(=O)NCCCS[C@H](C)c1cccc([N+](=O)[O-])c1. The quantitative estimate of drug-likeness (QED) is 0.474. The molecule has 0 saturated heterocycles. The lowest BCUT2D eigenvalue weighted by atomic mass is 10.1. The highest BCUT2D eigenvalue weighted by Crippen LogP contribution is 2.30. The molecule has 1 rings (SSSR count). The van der Waals surface area contributed by atoms with Gasteiger partial charge < -0.3 is 5.32 Å². The van der Waals surface area contributed by atoms with Crippen molar-refractivity contribution in [1.29, 1.82) is 0 Å². The van der Waals surface area contributed by atoms with Crippen molar-refractivity contribution >= 4 is 23.4 Å². The molecule has 1 atom stereocenters. The van der Waals surface area contributed by atoms with E-state index in [2.05, 4.69) is 5.32 Å². The number of nitrogens with zero attached hydrogens (tertiary/aromatic N) is 1. The fourth-order valence-electron chi connectivity index (χ4n) is 1.58. The van der Waals surface area contributed by atoms with Gasteiger partial charge in [0.15, 0.2) is 0 Å². The van der Waals surface area contributed by atoms with Crippen molar-refractivity contribution in [2.45, 2.75) is 25.5 Å². The van der Waals surface area contributed by atoms with Gasteiger partial charge in [-0.25, -0.2) is 0 Å². The number of benzene rings is 1. The Kier molecular flexibility index (Phi) is 6.35. The highest BCUT2D eigenvalue weighted by molar-refractivity contribution is 7.99. The molecule has 0 aromatic heterocycles. The molecule has 0 spiro atoms. The normalized spacial score (nSPS) is 11.9. The summed E-state index contributed by atoms with van der Waals surface area (Å²) in [5.74, 6) is 0.890. The van der Waals surface area contributed by atoms with Gasteiger partial charge in [0.05, 0.1) is 4.92 Å². The molecule has 6 heteroatoms. The molecule has 0 saturated carbocycles. The Morgan fingerprint density at radius 3 is 2.89 bits per heavy atom. The van der Waals surface area contributed by atoms with Crippen LogP contribution in [0.25, 0.3) is 0 Å². The minimum absolute atomic E-state index is 0.0169. The van der Waals surface area contributed by atoms with Gasteiger partial charge in [-0.1, -0.05) is 12.1 Å². The second kappa shape index (κ2) is 7.78. The van der Waals surface area contributed by atoms with E-state index < -0.39 is 0 Å². The highest BCUT2D eigenvalue weighted by Gasteiger charge is 2.10. The first-order valence-corrected chi connectivity index (χ1v) is 7.16. The van der Waals surface area contributed by atoms with Crippen LogP contribution >= 0.6 is 11.8 Å². The average molecular weight is 282 g/mol. The first-order chi connectivity index (χ1) is 9.00. The second-order valence-electron chi connectivity index (χ2n) is 4.20. The van der Waals surface area contributed by atoms with Gasteiger partial charge in [-0.15, -0.1) is 0 Å². The molecular weight excluding hydrogens is 264 g/mol. The minimum atomic E-state index is -0.377. The summed E-state index contributed by atoms with van der Waals surface area (Å²) in [6.45, 7) is 4.20. The van der Waals surface area contributed by atoms with Crippen LogP contribution in [0, 0.1) is 10.1 Å². The van der Waals surface area contributed by atoms with Crippen LogP contribution in [-0.2, 0) is 4.79 Å². The zero-order valence-electron chi connectivity index (χ0n) is 11.1. The Labute approximate surface area is 116 Å². The van der Waals surface area contributed by atoms with E-state index in [1.807, 2.05) is 13.0 Å². The third kappa shape index (κ3) is 5.74. The third-order valence-electron chi connectivity index (χ3n) is 2.61. The monoisotopic (exact) mass is 282 g/mol. The Morgan fingerprint density at radius 2 is 2.26 bits per heavy atom. The highest BCUT2D eigenvalue weighted by atomic mass is 32.2. The van der Waals surface area contributed by atoms with Crippen molar-refractivity contribution in [3.63, 3.8) is 0 Å². The van der Waals surface area contributed by atoms with Crippen molar-refractivity contribution in [2.24, 2.45) is 0 Å². The van der Waals surface area contributed by atoms with Crippen molar-refractivity contribution < 1.29 is 9.72 Å². The van der Waals surface area contributed by atoms with Crippen LogP contribution in [0.2, 0.25) is 0 Å². The molecule has 0 bridgehead atoms. The summed E-state index contributed by atoms with van der Waals surface area (Å²) in [4.78, 5) is 21.0. The summed E-state index contributed by atoms with van der Waals surface area (Å²) >= 11 is 1.73. The fourth-order valence-corrected chi connectivity index (χ4v) is 2.59. The van der Waals surface area contributed by atoms with Crippen LogP contribution in [0.3, 0.4) is 0 Å². The largest absolute Gasteiger partial charge is 0.356 e. The molecule has 0 radical (unpaired) electrons. The molecule has 0 aliphatic carbocycles. The Morgan fingerprint density at radius 1 is 1.53 bits per heavy atom. The summed E-state index contributed by atoms with van der Waals surface area (Å²) in [6, 6.07) is 6.73. The Bertz CT molecular complexity index is 451. The van der Waals surface area contributed by atoms with E-state index in [1.165, 1.54) is 13.0 Å². The maximum Gasteiger partial charge on any atom is 0.269 e. The predicted octanol–water partition coefficient (Wildman–Crippen LogP) is 2.92. The van der Waals surface area contributed by atoms with E-state index in [0.29, 0.717) is 6.54 Å². The number of nitro benzene ring substituents is 1. The van der Waals surface area contributed by atoms with Gasteiger partial charge in [0.1, 0.15) is 0 Å². The maximum atomic E-state index is 10.7. The van der Waals surface area contributed by atoms with E-state index in [9.17, 15) is 14.9 Å². The van der Waals surface area contributed by atoms with Crippen LogP contribution < -0.4 is 5.32 Å². The van der Waals surface area contributed by atoms with Gasteiger partial charge >= 0.3 is 0 Å². The fraction of sp³-hybridized carbons (Fsp3) is 0.462. The number of hydrogen-bond acceptors (Lipinski definition) is 4. The lowest BCUT2D eigenvalue weighted by Gasteiger charge is -2.11. The molecule has 104 valence electrons. The summed E-state index contributed by atoms with van der Waals surface area (Å²) < 4.78 is 0. The number of rotatable bonds is 7. The van der Waals surface area contributed by atoms with Crippen LogP contribution in [0.4, 0.5) is 5.69 Å². The molecule has 0 aliphatic heterocycles. The lowest BCUT2D eigenvalue weighted by molar-refractivity contribution is -0.384. The van der Waals surface area contributed by atoms with Crippen LogP contribution in [-0.4, -0.2) is 23.1 Å². The molecule has 1 N–H and O–H groups in total. The van der Waals surface area contributed by atoms with E-state index in [0.717, 1.165) is 17.7 Å². The van der Waals surface area contributed by atoms with Crippen molar-refractivity contribution in [3.05, 3.63) is 39.9 Å². The van der Waals surface area contributed by atoms with Crippen molar-refractivity contribution in [2.75, 3.05) is 12.3 Å². The molecule has 0 fully saturated rings. The number of thioether (sulfide) groups is 1. The van der Waals surface area contributed by atoms with Crippen LogP contribution in [0.1, 0.15) is 31.1 Å².